The monoisotopic (exact) mass is 315 g/mol. The van der Waals surface area contributed by atoms with Gasteiger partial charge in [0.1, 0.15) is 11.5 Å². The van der Waals surface area contributed by atoms with E-state index in [1.165, 1.54) is 25.1 Å². The number of H-pyrrole nitrogens is 1. The average molecular weight is 315 g/mol. The minimum atomic E-state index is 0.707. The lowest BCUT2D eigenvalue weighted by Crippen LogP contribution is -2.49. The first kappa shape index (κ1) is 14.9. The standard InChI is InChI=1S/C17H25N5O/c1-13-2-3-16(23-13)17-14(10-19-20-17)11-21-7-4-15(12-21)22-8-5-18-6-9-22/h2-3,10,15,18H,4-9,11-12H2,1H3,(H,19,20). The Labute approximate surface area is 136 Å². The van der Waals surface area contributed by atoms with Crippen LogP contribution in [0.1, 0.15) is 17.7 Å². The summed E-state index contributed by atoms with van der Waals surface area (Å²) in [6.07, 6.45) is 3.21. The number of piperazine rings is 1. The van der Waals surface area contributed by atoms with E-state index in [0.717, 1.165) is 49.9 Å². The molecule has 2 saturated heterocycles. The van der Waals surface area contributed by atoms with Crippen LogP contribution < -0.4 is 5.32 Å². The third-order valence-corrected chi connectivity index (χ3v) is 5.01. The Balaban J connectivity index is 1.41. The molecule has 0 spiro atoms. The SMILES string of the molecule is Cc1ccc(-c2[nH]ncc2CN2CCC(N3CCNCC3)C2)o1. The van der Waals surface area contributed by atoms with E-state index in [1.807, 2.05) is 25.3 Å². The maximum atomic E-state index is 5.74. The first-order valence-electron chi connectivity index (χ1n) is 8.56. The van der Waals surface area contributed by atoms with Crippen LogP contribution >= 0.6 is 0 Å². The van der Waals surface area contributed by atoms with E-state index in [2.05, 4.69) is 25.3 Å². The molecule has 4 rings (SSSR count). The van der Waals surface area contributed by atoms with Gasteiger partial charge in [-0.15, -0.1) is 0 Å². The highest BCUT2D eigenvalue weighted by molar-refractivity contribution is 5.56. The second-order valence-electron chi connectivity index (χ2n) is 6.64. The predicted octanol–water partition coefficient (Wildman–Crippen LogP) is 1.46. The predicted molar refractivity (Wildman–Crippen MR) is 89.2 cm³/mol. The van der Waals surface area contributed by atoms with Gasteiger partial charge in [0.2, 0.25) is 0 Å². The number of aromatic amines is 1. The second-order valence-corrected chi connectivity index (χ2v) is 6.64. The first-order valence-corrected chi connectivity index (χ1v) is 8.56. The molecule has 2 aliphatic rings. The van der Waals surface area contributed by atoms with Crippen molar-refractivity contribution in [2.45, 2.75) is 25.9 Å². The van der Waals surface area contributed by atoms with E-state index in [-0.39, 0.29) is 0 Å². The topological polar surface area (TPSA) is 60.3 Å². The smallest absolute Gasteiger partial charge is 0.152 e. The van der Waals surface area contributed by atoms with Crippen molar-refractivity contribution >= 4 is 0 Å². The van der Waals surface area contributed by atoms with Crippen LogP contribution in [0.2, 0.25) is 0 Å². The molecule has 0 aromatic carbocycles. The molecule has 2 N–H and O–H groups in total. The maximum absolute atomic E-state index is 5.74. The Bertz CT molecular complexity index is 643. The highest BCUT2D eigenvalue weighted by atomic mass is 16.3. The zero-order chi connectivity index (χ0) is 15.6. The van der Waals surface area contributed by atoms with Crippen molar-refractivity contribution in [3.63, 3.8) is 0 Å². The maximum Gasteiger partial charge on any atom is 0.152 e. The van der Waals surface area contributed by atoms with E-state index < -0.39 is 0 Å². The van der Waals surface area contributed by atoms with Crippen LogP contribution in [-0.2, 0) is 6.54 Å². The Morgan fingerprint density at radius 1 is 1.26 bits per heavy atom. The number of furan rings is 1. The van der Waals surface area contributed by atoms with Gasteiger partial charge in [0.15, 0.2) is 5.76 Å². The van der Waals surface area contributed by atoms with Crippen molar-refractivity contribution in [1.82, 2.24) is 25.3 Å². The van der Waals surface area contributed by atoms with Crippen LogP contribution in [0.3, 0.4) is 0 Å². The number of nitrogens with zero attached hydrogens (tertiary/aromatic N) is 3. The largest absolute Gasteiger partial charge is 0.460 e. The summed E-state index contributed by atoms with van der Waals surface area (Å²) in [6, 6.07) is 4.72. The Morgan fingerprint density at radius 3 is 2.91 bits per heavy atom. The van der Waals surface area contributed by atoms with Gasteiger partial charge in [-0.1, -0.05) is 0 Å². The van der Waals surface area contributed by atoms with Crippen LogP contribution in [0.25, 0.3) is 11.5 Å². The number of aromatic nitrogens is 2. The molecular formula is C17H25N5O. The lowest BCUT2D eigenvalue weighted by Gasteiger charge is -2.32. The molecule has 0 bridgehead atoms. The van der Waals surface area contributed by atoms with Crippen molar-refractivity contribution in [1.29, 1.82) is 0 Å². The number of likely N-dealkylation sites (tertiary alicyclic amines) is 1. The number of nitrogens with one attached hydrogen (secondary N) is 2. The summed E-state index contributed by atoms with van der Waals surface area (Å²) < 4.78 is 5.74. The molecule has 6 heteroatoms. The molecule has 0 radical (unpaired) electrons. The van der Waals surface area contributed by atoms with Crippen molar-refractivity contribution in [3.8, 4) is 11.5 Å². The molecule has 1 unspecified atom stereocenters. The summed E-state index contributed by atoms with van der Waals surface area (Å²) in [6.45, 7) is 9.84. The number of aryl methyl sites for hydroxylation is 1. The van der Waals surface area contributed by atoms with Crippen LogP contribution in [-0.4, -0.2) is 65.3 Å². The summed E-state index contributed by atoms with van der Waals surface area (Å²) in [7, 11) is 0. The Kier molecular flexibility index (Phi) is 4.20. The average Bonchev–Trinajstić information content (AvgIpc) is 3.29. The number of rotatable bonds is 4. The van der Waals surface area contributed by atoms with Crippen molar-refractivity contribution in [3.05, 3.63) is 29.7 Å². The van der Waals surface area contributed by atoms with Crippen LogP contribution in [0.4, 0.5) is 0 Å². The summed E-state index contributed by atoms with van der Waals surface area (Å²) >= 11 is 0. The molecule has 2 fully saturated rings. The fourth-order valence-electron chi connectivity index (χ4n) is 3.76. The highest BCUT2D eigenvalue weighted by Crippen LogP contribution is 2.26. The minimum Gasteiger partial charge on any atom is -0.460 e. The van der Waals surface area contributed by atoms with Gasteiger partial charge in [0.25, 0.3) is 0 Å². The summed E-state index contributed by atoms with van der Waals surface area (Å²) in [4.78, 5) is 5.18. The van der Waals surface area contributed by atoms with Crippen LogP contribution in [0.15, 0.2) is 22.7 Å². The van der Waals surface area contributed by atoms with Crippen molar-refractivity contribution in [2.24, 2.45) is 0 Å². The minimum absolute atomic E-state index is 0.707. The summed E-state index contributed by atoms with van der Waals surface area (Å²) in [5.41, 5.74) is 2.24. The molecule has 2 aromatic heterocycles. The van der Waals surface area contributed by atoms with Gasteiger partial charge in [-0.3, -0.25) is 14.9 Å². The Morgan fingerprint density at radius 2 is 2.13 bits per heavy atom. The molecule has 0 saturated carbocycles. The van der Waals surface area contributed by atoms with Crippen molar-refractivity contribution < 1.29 is 4.42 Å². The second kappa shape index (κ2) is 6.47. The zero-order valence-corrected chi connectivity index (χ0v) is 13.7. The van der Waals surface area contributed by atoms with E-state index in [4.69, 9.17) is 4.42 Å². The van der Waals surface area contributed by atoms with E-state index >= 15 is 0 Å². The van der Waals surface area contributed by atoms with Gasteiger partial charge >= 0.3 is 0 Å². The van der Waals surface area contributed by atoms with Crippen molar-refractivity contribution in [2.75, 3.05) is 39.3 Å². The molecule has 0 aliphatic carbocycles. The molecule has 1 atom stereocenters. The third-order valence-electron chi connectivity index (χ3n) is 5.01. The molecule has 4 heterocycles. The lowest BCUT2D eigenvalue weighted by atomic mass is 10.2. The van der Waals surface area contributed by atoms with E-state index in [1.54, 1.807) is 0 Å². The first-order chi connectivity index (χ1) is 11.3. The zero-order valence-electron chi connectivity index (χ0n) is 13.7. The third kappa shape index (κ3) is 3.20. The van der Waals surface area contributed by atoms with Gasteiger partial charge in [-0.05, 0) is 25.5 Å². The molecule has 124 valence electrons. The molecule has 6 nitrogen and oxygen atoms in total. The molecule has 2 aromatic rings. The van der Waals surface area contributed by atoms with Gasteiger partial charge in [-0.25, -0.2) is 0 Å². The quantitative estimate of drug-likeness (QED) is 0.894. The van der Waals surface area contributed by atoms with Gasteiger partial charge < -0.3 is 9.73 Å². The normalized spacial score (nSPS) is 23.6. The fourth-order valence-corrected chi connectivity index (χ4v) is 3.76. The number of hydrogen-bond acceptors (Lipinski definition) is 5. The molecule has 2 aliphatic heterocycles. The number of hydrogen-bond donors (Lipinski definition) is 2. The molecule has 23 heavy (non-hydrogen) atoms. The lowest BCUT2D eigenvalue weighted by molar-refractivity contribution is 0.170. The van der Waals surface area contributed by atoms with Gasteiger partial charge in [0, 0.05) is 57.4 Å². The van der Waals surface area contributed by atoms with Crippen LogP contribution in [0, 0.1) is 6.92 Å². The summed E-state index contributed by atoms with van der Waals surface area (Å²) in [5.74, 6) is 1.81. The highest BCUT2D eigenvalue weighted by Gasteiger charge is 2.29. The van der Waals surface area contributed by atoms with Gasteiger partial charge in [0.05, 0.1) is 6.20 Å². The molecular weight excluding hydrogens is 290 g/mol. The van der Waals surface area contributed by atoms with Gasteiger partial charge in [-0.2, -0.15) is 5.10 Å². The summed E-state index contributed by atoms with van der Waals surface area (Å²) in [5, 5.41) is 10.8. The van der Waals surface area contributed by atoms with E-state index in [0.29, 0.717) is 6.04 Å². The molecule has 0 amide bonds. The van der Waals surface area contributed by atoms with Crippen LogP contribution in [0.5, 0.6) is 0 Å². The Hall–Kier alpha value is -1.63. The van der Waals surface area contributed by atoms with E-state index in [9.17, 15) is 0 Å². The fraction of sp³-hybridized carbons (Fsp3) is 0.588.